The fourth-order valence-electron chi connectivity index (χ4n) is 2.10. The van der Waals surface area contributed by atoms with E-state index in [2.05, 4.69) is 10.4 Å². The Bertz CT molecular complexity index is 802. The minimum Gasteiger partial charge on any atom is -0.348 e. The number of nitrogens with zero attached hydrogens (tertiary/aromatic N) is 2. The lowest BCUT2D eigenvalue weighted by Crippen LogP contribution is -2.35. The summed E-state index contributed by atoms with van der Waals surface area (Å²) in [6.45, 7) is 5.72. The molecule has 0 fully saturated rings. The average Bonchev–Trinajstić information content (AvgIpc) is 2.50. The van der Waals surface area contributed by atoms with Crippen LogP contribution in [0.3, 0.4) is 0 Å². The number of hydrogen-bond acceptors (Lipinski definition) is 3. The molecule has 1 aromatic heterocycles. The summed E-state index contributed by atoms with van der Waals surface area (Å²) in [5, 5.41) is 6.57. The van der Waals surface area contributed by atoms with Gasteiger partial charge in [-0.05, 0) is 37.5 Å². The summed E-state index contributed by atoms with van der Waals surface area (Å²) in [5.41, 5.74) is 2.76. The van der Waals surface area contributed by atoms with E-state index >= 15 is 0 Å². The number of amides is 1. The van der Waals surface area contributed by atoms with Gasteiger partial charge in [-0.25, -0.2) is 4.68 Å². The second-order valence-electron chi connectivity index (χ2n) is 5.40. The molecule has 1 aromatic carbocycles. The Morgan fingerprint density at radius 2 is 2.00 bits per heavy atom. The molecule has 0 aliphatic heterocycles. The van der Waals surface area contributed by atoms with Crippen LogP contribution in [0.2, 0.25) is 10.0 Å². The third kappa shape index (κ3) is 4.12. The van der Waals surface area contributed by atoms with E-state index in [0.29, 0.717) is 0 Å². The van der Waals surface area contributed by atoms with Crippen molar-refractivity contribution in [3.63, 3.8) is 0 Å². The third-order valence-electron chi connectivity index (χ3n) is 3.64. The monoisotopic (exact) mass is 353 g/mol. The molecule has 0 radical (unpaired) electrons. The maximum Gasteiger partial charge on any atom is 0.287 e. The van der Waals surface area contributed by atoms with Gasteiger partial charge in [0.1, 0.15) is 11.6 Å². The smallest absolute Gasteiger partial charge is 0.287 e. The summed E-state index contributed by atoms with van der Waals surface area (Å²) in [6.07, 6.45) is 1.24. The number of hydrogen-bond donors (Lipinski definition) is 1. The predicted molar refractivity (Wildman–Crippen MR) is 91.0 cm³/mol. The van der Waals surface area contributed by atoms with E-state index in [0.717, 1.165) is 15.8 Å². The molecule has 122 valence electrons. The van der Waals surface area contributed by atoms with Gasteiger partial charge >= 0.3 is 0 Å². The summed E-state index contributed by atoms with van der Waals surface area (Å²) in [7, 11) is 0. The number of rotatable bonds is 4. The second-order valence-corrected chi connectivity index (χ2v) is 6.19. The van der Waals surface area contributed by atoms with Gasteiger partial charge in [0.05, 0.1) is 17.3 Å². The molecular formula is C16H17Cl2N3O2. The summed E-state index contributed by atoms with van der Waals surface area (Å²) in [4.78, 5) is 24.0. The van der Waals surface area contributed by atoms with Crippen molar-refractivity contribution in [2.24, 2.45) is 0 Å². The van der Waals surface area contributed by atoms with Gasteiger partial charge in [-0.3, -0.25) is 9.59 Å². The molecule has 0 aliphatic rings. The Labute approximate surface area is 144 Å². The molecule has 5 nitrogen and oxygen atoms in total. The standard InChI is InChI=1S/C16H17Cl2N3O2/c1-9-4-5-12(6-10(9)2)11(3)20-14(22)8-21-16(23)15(18)13(17)7-19-21/h4-7,11H,8H2,1-3H3,(H,20,22)/t11-/m0/s1. The maximum absolute atomic E-state index is 12.1. The SMILES string of the molecule is Cc1ccc([C@H](C)NC(=O)Cn2ncc(Cl)c(Cl)c2=O)cc1C. The van der Waals surface area contributed by atoms with Crippen LogP contribution in [0.15, 0.2) is 29.2 Å². The van der Waals surface area contributed by atoms with Crippen LogP contribution in [0.4, 0.5) is 0 Å². The van der Waals surface area contributed by atoms with Crippen molar-refractivity contribution < 1.29 is 4.79 Å². The number of nitrogens with one attached hydrogen (secondary N) is 1. The summed E-state index contributed by atoms with van der Waals surface area (Å²) in [6, 6.07) is 5.83. The molecule has 0 bridgehead atoms. The zero-order chi connectivity index (χ0) is 17.1. The molecule has 23 heavy (non-hydrogen) atoms. The number of aryl methyl sites for hydroxylation is 2. The highest BCUT2D eigenvalue weighted by Crippen LogP contribution is 2.17. The van der Waals surface area contributed by atoms with Crippen LogP contribution >= 0.6 is 23.2 Å². The lowest BCUT2D eigenvalue weighted by atomic mass is 10.0. The number of halogens is 2. The fourth-order valence-corrected chi connectivity index (χ4v) is 2.37. The molecule has 1 heterocycles. The molecule has 1 N–H and O–H groups in total. The summed E-state index contributed by atoms with van der Waals surface area (Å²) < 4.78 is 0.983. The fraction of sp³-hybridized carbons (Fsp3) is 0.312. The lowest BCUT2D eigenvalue weighted by molar-refractivity contribution is -0.122. The van der Waals surface area contributed by atoms with Gasteiger partial charge in [0.15, 0.2) is 0 Å². The van der Waals surface area contributed by atoms with E-state index in [1.165, 1.54) is 11.8 Å². The van der Waals surface area contributed by atoms with Gasteiger partial charge < -0.3 is 5.32 Å². The molecule has 2 aromatic rings. The van der Waals surface area contributed by atoms with Crippen molar-refractivity contribution in [2.75, 3.05) is 0 Å². The van der Waals surface area contributed by atoms with Crippen LogP contribution in [0, 0.1) is 13.8 Å². The number of carbonyl (C=O) groups excluding carboxylic acids is 1. The van der Waals surface area contributed by atoms with Gasteiger partial charge in [0, 0.05) is 0 Å². The third-order valence-corrected chi connectivity index (χ3v) is 4.39. The molecule has 1 amide bonds. The van der Waals surface area contributed by atoms with E-state index in [1.807, 2.05) is 39.0 Å². The molecule has 0 unspecified atom stereocenters. The van der Waals surface area contributed by atoms with Crippen molar-refractivity contribution in [3.05, 3.63) is 61.5 Å². The predicted octanol–water partition coefficient (Wildman–Crippen LogP) is 3.04. The summed E-state index contributed by atoms with van der Waals surface area (Å²) >= 11 is 11.5. The molecule has 0 spiro atoms. The van der Waals surface area contributed by atoms with Gasteiger partial charge in [-0.1, -0.05) is 41.4 Å². The van der Waals surface area contributed by atoms with Crippen molar-refractivity contribution >= 4 is 29.1 Å². The van der Waals surface area contributed by atoms with Crippen LogP contribution in [0.1, 0.15) is 29.7 Å². The van der Waals surface area contributed by atoms with Crippen LogP contribution in [0.5, 0.6) is 0 Å². The zero-order valence-corrected chi connectivity index (χ0v) is 14.6. The van der Waals surface area contributed by atoms with E-state index in [9.17, 15) is 9.59 Å². The van der Waals surface area contributed by atoms with Crippen LogP contribution < -0.4 is 10.9 Å². The minimum absolute atomic E-state index is 0.0665. The van der Waals surface area contributed by atoms with Gasteiger partial charge in [0.25, 0.3) is 5.56 Å². The van der Waals surface area contributed by atoms with E-state index in [1.54, 1.807) is 0 Å². The second kappa shape index (κ2) is 7.15. The van der Waals surface area contributed by atoms with Gasteiger partial charge in [0.2, 0.25) is 5.91 Å². The molecule has 0 saturated heterocycles. The quantitative estimate of drug-likeness (QED) is 0.918. The largest absolute Gasteiger partial charge is 0.348 e. The Kier molecular flexibility index (Phi) is 5.44. The van der Waals surface area contributed by atoms with Crippen molar-refractivity contribution in [1.29, 1.82) is 0 Å². The molecule has 0 saturated carbocycles. The van der Waals surface area contributed by atoms with E-state index in [4.69, 9.17) is 23.2 Å². The van der Waals surface area contributed by atoms with Crippen LogP contribution in [-0.2, 0) is 11.3 Å². The highest BCUT2D eigenvalue weighted by atomic mass is 35.5. The number of benzene rings is 1. The topological polar surface area (TPSA) is 64.0 Å². The van der Waals surface area contributed by atoms with E-state index < -0.39 is 5.56 Å². The zero-order valence-electron chi connectivity index (χ0n) is 13.1. The Morgan fingerprint density at radius 1 is 1.30 bits per heavy atom. The minimum atomic E-state index is -0.590. The van der Waals surface area contributed by atoms with Crippen molar-refractivity contribution in [1.82, 2.24) is 15.1 Å². The Hall–Kier alpha value is -1.85. The highest BCUT2D eigenvalue weighted by molar-refractivity contribution is 6.41. The van der Waals surface area contributed by atoms with Gasteiger partial charge in [-0.2, -0.15) is 5.10 Å². The Morgan fingerprint density at radius 3 is 2.65 bits per heavy atom. The van der Waals surface area contributed by atoms with Crippen LogP contribution in [0.25, 0.3) is 0 Å². The van der Waals surface area contributed by atoms with Gasteiger partial charge in [-0.15, -0.1) is 0 Å². The average molecular weight is 354 g/mol. The molecule has 1 atom stereocenters. The first-order valence-corrected chi connectivity index (χ1v) is 7.83. The number of carbonyl (C=O) groups is 1. The first-order valence-electron chi connectivity index (χ1n) is 7.07. The van der Waals surface area contributed by atoms with E-state index in [-0.39, 0.29) is 28.5 Å². The highest BCUT2D eigenvalue weighted by Gasteiger charge is 2.14. The van der Waals surface area contributed by atoms with Crippen molar-refractivity contribution in [3.8, 4) is 0 Å². The normalized spacial score (nSPS) is 12.0. The first kappa shape index (κ1) is 17.5. The molecule has 7 heteroatoms. The Balaban J connectivity index is 2.09. The summed E-state index contributed by atoms with van der Waals surface area (Å²) in [5.74, 6) is -0.330. The molecule has 0 aliphatic carbocycles. The lowest BCUT2D eigenvalue weighted by Gasteiger charge is -2.16. The van der Waals surface area contributed by atoms with Crippen LogP contribution in [-0.4, -0.2) is 15.7 Å². The molecule has 2 rings (SSSR count). The first-order chi connectivity index (χ1) is 10.8. The number of aromatic nitrogens is 2. The van der Waals surface area contributed by atoms with Crippen molar-refractivity contribution in [2.45, 2.75) is 33.4 Å². The molecular weight excluding hydrogens is 337 g/mol. The maximum atomic E-state index is 12.1.